The van der Waals surface area contributed by atoms with Gasteiger partial charge in [-0.25, -0.2) is 0 Å². The molecule has 0 bridgehead atoms. The van der Waals surface area contributed by atoms with Crippen LogP contribution in [0.5, 0.6) is 0 Å². The summed E-state index contributed by atoms with van der Waals surface area (Å²) in [4.78, 5) is 17.7. The number of hydrogen-bond acceptors (Lipinski definition) is 4. The van der Waals surface area contributed by atoms with Gasteiger partial charge in [0.05, 0.1) is 11.3 Å². The van der Waals surface area contributed by atoms with Crippen LogP contribution < -0.4 is 0 Å². The normalized spacial score (nSPS) is 17.6. The number of hydrogen-bond donors (Lipinski definition) is 0. The number of carbonyl (C=O) groups is 1. The quantitative estimate of drug-likeness (QED) is 0.704. The Balaban J connectivity index is 1.50. The SMILES string of the molecule is Cc1ccc(-n2cnnc2)c(C(=O)N2CCN(Cc3ccccc3)C(C)C2)c1. The molecule has 0 aliphatic carbocycles. The lowest BCUT2D eigenvalue weighted by molar-refractivity contribution is 0.0495. The lowest BCUT2D eigenvalue weighted by Crippen LogP contribution is -2.53. The van der Waals surface area contributed by atoms with E-state index < -0.39 is 0 Å². The Morgan fingerprint density at radius 1 is 1.07 bits per heavy atom. The predicted octanol–water partition coefficient (Wildman–Crippen LogP) is 2.92. The van der Waals surface area contributed by atoms with Crippen molar-refractivity contribution in [1.29, 1.82) is 0 Å². The lowest BCUT2D eigenvalue weighted by Gasteiger charge is -2.40. The minimum absolute atomic E-state index is 0.0682. The first-order valence-electron chi connectivity index (χ1n) is 9.65. The summed E-state index contributed by atoms with van der Waals surface area (Å²) in [6, 6.07) is 16.7. The van der Waals surface area contributed by atoms with Crippen molar-refractivity contribution < 1.29 is 4.79 Å². The second kappa shape index (κ2) is 7.94. The maximum Gasteiger partial charge on any atom is 0.256 e. The molecule has 3 aromatic rings. The summed E-state index contributed by atoms with van der Waals surface area (Å²) < 4.78 is 1.79. The molecule has 0 radical (unpaired) electrons. The summed E-state index contributed by atoms with van der Waals surface area (Å²) >= 11 is 0. The van der Waals surface area contributed by atoms with Gasteiger partial charge in [0.15, 0.2) is 0 Å². The molecule has 28 heavy (non-hydrogen) atoms. The summed E-state index contributed by atoms with van der Waals surface area (Å²) in [7, 11) is 0. The van der Waals surface area contributed by atoms with Crippen LogP contribution in [0.1, 0.15) is 28.4 Å². The number of aryl methyl sites for hydroxylation is 1. The lowest BCUT2D eigenvalue weighted by atomic mass is 10.1. The van der Waals surface area contributed by atoms with Gasteiger partial charge in [0.25, 0.3) is 5.91 Å². The maximum absolute atomic E-state index is 13.3. The van der Waals surface area contributed by atoms with Crippen LogP contribution in [0.25, 0.3) is 5.69 Å². The third kappa shape index (κ3) is 3.82. The molecule has 0 spiro atoms. The van der Waals surface area contributed by atoms with Crippen molar-refractivity contribution in [3.8, 4) is 5.69 Å². The van der Waals surface area contributed by atoms with E-state index in [0.29, 0.717) is 11.6 Å². The Morgan fingerprint density at radius 2 is 1.82 bits per heavy atom. The van der Waals surface area contributed by atoms with Crippen molar-refractivity contribution in [2.45, 2.75) is 26.4 Å². The van der Waals surface area contributed by atoms with Crippen molar-refractivity contribution in [3.63, 3.8) is 0 Å². The van der Waals surface area contributed by atoms with Crippen molar-refractivity contribution >= 4 is 5.91 Å². The van der Waals surface area contributed by atoms with E-state index in [1.165, 1.54) is 5.56 Å². The van der Waals surface area contributed by atoms with E-state index in [2.05, 4.69) is 46.3 Å². The number of amides is 1. The highest BCUT2D eigenvalue weighted by atomic mass is 16.2. The van der Waals surface area contributed by atoms with Crippen molar-refractivity contribution in [3.05, 3.63) is 77.9 Å². The fraction of sp³-hybridized carbons (Fsp3) is 0.318. The monoisotopic (exact) mass is 375 g/mol. The third-order valence-corrected chi connectivity index (χ3v) is 5.36. The third-order valence-electron chi connectivity index (χ3n) is 5.36. The van der Waals surface area contributed by atoms with E-state index in [0.717, 1.165) is 37.4 Å². The molecule has 4 rings (SSSR count). The summed E-state index contributed by atoms with van der Waals surface area (Å²) in [5.74, 6) is 0.0682. The molecule has 1 fully saturated rings. The second-order valence-electron chi connectivity index (χ2n) is 7.45. The van der Waals surface area contributed by atoms with Crippen LogP contribution in [-0.4, -0.2) is 56.1 Å². The molecule has 1 atom stereocenters. The molecule has 0 saturated carbocycles. The van der Waals surface area contributed by atoms with E-state index in [4.69, 9.17) is 0 Å². The predicted molar refractivity (Wildman–Crippen MR) is 108 cm³/mol. The molecule has 1 aliphatic heterocycles. The first kappa shape index (κ1) is 18.4. The highest BCUT2D eigenvalue weighted by Gasteiger charge is 2.28. The van der Waals surface area contributed by atoms with Crippen LogP contribution >= 0.6 is 0 Å². The molecule has 144 valence electrons. The summed E-state index contributed by atoms with van der Waals surface area (Å²) in [6.45, 7) is 7.44. The van der Waals surface area contributed by atoms with Gasteiger partial charge in [0.2, 0.25) is 0 Å². The van der Waals surface area contributed by atoms with Gasteiger partial charge in [-0.05, 0) is 31.5 Å². The van der Waals surface area contributed by atoms with Crippen LogP contribution in [0.4, 0.5) is 0 Å². The molecule has 1 aromatic heterocycles. The number of rotatable bonds is 4. The molecular weight excluding hydrogens is 350 g/mol. The Kier molecular flexibility index (Phi) is 5.21. The summed E-state index contributed by atoms with van der Waals surface area (Å²) in [5, 5.41) is 7.75. The Hall–Kier alpha value is -2.99. The molecule has 1 aliphatic rings. The first-order chi connectivity index (χ1) is 13.6. The molecule has 6 nitrogen and oxygen atoms in total. The molecule has 2 aromatic carbocycles. The standard InChI is InChI=1S/C22H25N5O/c1-17-8-9-21(27-15-23-24-16-27)20(12-17)22(28)26-11-10-25(18(2)13-26)14-19-6-4-3-5-7-19/h3-9,12,15-16,18H,10-11,13-14H2,1-2H3. The van der Waals surface area contributed by atoms with Gasteiger partial charge in [-0.15, -0.1) is 10.2 Å². The zero-order valence-electron chi connectivity index (χ0n) is 16.3. The van der Waals surface area contributed by atoms with Gasteiger partial charge in [-0.2, -0.15) is 0 Å². The molecule has 0 N–H and O–H groups in total. The largest absolute Gasteiger partial charge is 0.336 e. The fourth-order valence-electron chi connectivity index (χ4n) is 3.77. The average Bonchev–Trinajstić information content (AvgIpc) is 3.24. The average molecular weight is 375 g/mol. The number of aromatic nitrogens is 3. The number of piperazine rings is 1. The number of benzene rings is 2. The molecule has 1 unspecified atom stereocenters. The highest BCUT2D eigenvalue weighted by molar-refractivity contribution is 5.98. The van der Waals surface area contributed by atoms with Crippen LogP contribution in [0.15, 0.2) is 61.2 Å². The second-order valence-corrected chi connectivity index (χ2v) is 7.45. The van der Waals surface area contributed by atoms with Gasteiger partial charge >= 0.3 is 0 Å². The van der Waals surface area contributed by atoms with E-state index in [1.807, 2.05) is 36.1 Å². The van der Waals surface area contributed by atoms with Crippen molar-refractivity contribution in [1.82, 2.24) is 24.6 Å². The zero-order valence-corrected chi connectivity index (χ0v) is 16.3. The number of nitrogens with zero attached hydrogens (tertiary/aromatic N) is 5. The summed E-state index contributed by atoms with van der Waals surface area (Å²) in [5.41, 5.74) is 3.89. The van der Waals surface area contributed by atoms with E-state index in [1.54, 1.807) is 17.2 Å². The molecule has 2 heterocycles. The Morgan fingerprint density at radius 3 is 2.54 bits per heavy atom. The van der Waals surface area contributed by atoms with Crippen LogP contribution in [-0.2, 0) is 6.54 Å². The van der Waals surface area contributed by atoms with Gasteiger partial charge in [0.1, 0.15) is 12.7 Å². The minimum Gasteiger partial charge on any atom is -0.336 e. The Bertz CT molecular complexity index is 939. The molecular formula is C22H25N5O. The van der Waals surface area contributed by atoms with Crippen LogP contribution in [0, 0.1) is 6.92 Å². The van der Waals surface area contributed by atoms with Crippen LogP contribution in [0.3, 0.4) is 0 Å². The number of carbonyl (C=O) groups excluding carboxylic acids is 1. The topological polar surface area (TPSA) is 54.3 Å². The highest BCUT2D eigenvalue weighted by Crippen LogP contribution is 2.21. The van der Waals surface area contributed by atoms with E-state index >= 15 is 0 Å². The van der Waals surface area contributed by atoms with Gasteiger partial charge in [-0.1, -0.05) is 42.0 Å². The van der Waals surface area contributed by atoms with Gasteiger partial charge in [0, 0.05) is 32.2 Å². The van der Waals surface area contributed by atoms with Crippen molar-refractivity contribution in [2.75, 3.05) is 19.6 Å². The minimum atomic E-state index is 0.0682. The maximum atomic E-state index is 13.3. The molecule has 1 saturated heterocycles. The fourth-order valence-corrected chi connectivity index (χ4v) is 3.77. The van der Waals surface area contributed by atoms with Crippen molar-refractivity contribution in [2.24, 2.45) is 0 Å². The van der Waals surface area contributed by atoms with Crippen LogP contribution in [0.2, 0.25) is 0 Å². The molecule has 6 heteroatoms. The smallest absolute Gasteiger partial charge is 0.256 e. The molecule has 1 amide bonds. The van der Waals surface area contributed by atoms with Gasteiger partial charge in [-0.3, -0.25) is 14.3 Å². The zero-order chi connectivity index (χ0) is 19.5. The van der Waals surface area contributed by atoms with E-state index in [9.17, 15) is 4.79 Å². The summed E-state index contributed by atoms with van der Waals surface area (Å²) in [6.07, 6.45) is 3.25. The first-order valence-corrected chi connectivity index (χ1v) is 9.65. The van der Waals surface area contributed by atoms with Gasteiger partial charge < -0.3 is 4.90 Å². The Labute approximate surface area is 165 Å². The van der Waals surface area contributed by atoms with E-state index in [-0.39, 0.29) is 5.91 Å².